The Morgan fingerprint density at radius 1 is 1.08 bits per heavy atom. The summed E-state index contributed by atoms with van der Waals surface area (Å²) in [6.45, 7) is 5.44. The molecule has 1 aromatic carbocycles. The summed E-state index contributed by atoms with van der Waals surface area (Å²) in [4.78, 5) is 12.1. The Kier molecular flexibility index (Phi) is 5.23. The molecule has 25 heavy (non-hydrogen) atoms. The Bertz CT molecular complexity index is 856. The first-order valence-electron chi connectivity index (χ1n) is 8.47. The lowest BCUT2D eigenvalue weighted by Crippen LogP contribution is -2.26. The van der Waals surface area contributed by atoms with Crippen molar-refractivity contribution in [1.82, 2.24) is 25.1 Å². The molecule has 7 heteroatoms. The third kappa shape index (κ3) is 4.12. The van der Waals surface area contributed by atoms with Gasteiger partial charge in [-0.15, -0.1) is 15.3 Å². The molecule has 3 rings (SSSR count). The van der Waals surface area contributed by atoms with Crippen LogP contribution in [0.1, 0.15) is 35.1 Å². The van der Waals surface area contributed by atoms with Gasteiger partial charge in [-0.3, -0.25) is 4.79 Å². The van der Waals surface area contributed by atoms with E-state index >= 15 is 0 Å². The van der Waals surface area contributed by atoms with Gasteiger partial charge in [0.1, 0.15) is 5.82 Å². The van der Waals surface area contributed by atoms with Gasteiger partial charge in [0.2, 0.25) is 0 Å². The Hall–Kier alpha value is -2.96. The number of amides is 1. The molecule has 130 valence electrons. The standard InChI is InChI=1S/C18H22N6O/c1-3-11-19-15-8-9-16-21-22-17(24(16)23-15)10-12-20-18(25)14-6-4-13(2)5-7-14/h4-9H,3,10-12H2,1-2H3,(H,19,23)(H,20,25). The van der Waals surface area contributed by atoms with Crippen molar-refractivity contribution in [1.29, 1.82) is 0 Å². The summed E-state index contributed by atoms with van der Waals surface area (Å²) >= 11 is 0. The molecule has 0 saturated heterocycles. The molecule has 0 aliphatic heterocycles. The second-order valence-corrected chi connectivity index (χ2v) is 5.90. The average Bonchev–Trinajstić information content (AvgIpc) is 3.03. The number of carbonyl (C=O) groups is 1. The van der Waals surface area contributed by atoms with Crippen molar-refractivity contribution >= 4 is 17.4 Å². The minimum Gasteiger partial charge on any atom is -0.369 e. The van der Waals surface area contributed by atoms with Crippen LogP contribution < -0.4 is 10.6 Å². The normalized spacial score (nSPS) is 10.8. The quantitative estimate of drug-likeness (QED) is 0.690. The highest BCUT2D eigenvalue weighted by Gasteiger charge is 2.09. The van der Waals surface area contributed by atoms with E-state index in [4.69, 9.17) is 0 Å². The maximum absolute atomic E-state index is 12.1. The summed E-state index contributed by atoms with van der Waals surface area (Å²) in [5, 5.41) is 18.9. The molecule has 2 N–H and O–H groups in total. The van der Waals surface area contributed by atoms with Gasteiger partial charge in [0.25, 0.3) is 5.91 Å². The number of rotatable bonds is 7. The average molecular weight is 338 g/mol. The monoisotopic (exact) mass is 338 g/mol. The summed E-state index contributed by atoms with van der Waals surface area (Å²) in [6, 6.07) is 11.3. The van der Waals surface area contributed by atoms with Crippen molar-refractivity contribution in [3.8, 4) is 0 Å². The van der Waals surface area contributed by atoms with E-state index in [0.29, 0.717) is 24.2 Å². The highest BCUT2D eigenvalue weighted by Crippen LogP contribution is 2.08. The largest absolute Gasteiger partial charge is 0.369 e. The second kappa shape index (κ2) is 7.74. The van der Waals surface area contributed by atoms with Gasteiger partial charge >= 0.3 is 0 Å². The number of aromatic nitrogens is 4. The smallest absolute Gasteiger partial charge is 0.251 e. The van der Waals surface area contributed by atoms with Gasteiger partial charge in [0.15, 0.2) is 11.5 Å². The zero-order valence-corrected chi connectivity index (χ0v) is 14.5. The van der Waals surface area contributed by atoms with Crippen LogP contribution in [0.5, 0.6) is 0 Å². The van der Waals surface area contributed by atoms with Crippen LogP contribution in [0.2, 0.25) is 0 Å². The Labute approximate surface area is 146 Å². The molecular weight excluding hydrogens is 316 g/mol. The first-order valence-corrected chi connectivity index (χ1v) is 8.47. The van der Waals surface area contributed by atoms with Crippen LogP contribution in [0, 0.1) is 6.92 Å². The predicted molar refractivity (Wildman–Crippen MR) is 96.8 cm³/mol. The first-order chi connectivity index (χ1) is 12.2. The number of nitrogens with one attached hydrogen (secondary N) is 2. The van der Waals surface area contributed by atoms with Crippen LogP contribution in [0.3, 0.4) is 0 Å². The molecule has 0 atom stereocenters. The third-order valence-corrected chi connectivity index (χ3v) is 3.83. The number of fused-ring (bicyclic) bond motifs is 1. The topological polar surface area (TPSA) is 84.2 Å². The molecule has 1 amide bonds. The highest BCUT2D eigenvalue weighted by atomic mass is 16.1. The van der Waals surface area contributed by atoms with E-state index in [1.165, 1.54) is 0 Å². The number of carbonyl (C=O) groups excluding carboxylic acids is 1. The summed E-state index contributed by atoms with van der Waals surface area (Å²) in [5.41, 5.74) is 2.48. The zero-order valence-electron chi connectivity index (χ0n) is 14.5. The van der Waals surface area contributed by atoms with Crippen LogP contribution in [0.25, 0.3) is 5.65 Å². The van der Waals surface area contributed by atoms with Crippen molar-refractivity contribution in [2.45, 2.75) is 26.7 Å². The van der Waals surface area contributed by atoms with E-state index in [2.05, 4.69) is 32.9 Å². The molecule has 2 aromatic heterocycles. The molecule has 7 nitrogen and oxygen atoms in total. The fourth-order valence-electron chi connectivity index (χ4n) is 2.43. The fraction of sp³-hybridized carbons (Fsp3) is 0.333. The van der Waals surface area contributed by atoms with E-state index < -0.39 is 0 Å². The Balaban J connectivity index is 1.62. The SMILES string of the molecule is CCCNc1ccc2nnc(CCNC(=O)c3ccc(C)cc3)n2n1. The number of nitrogens with zero attached hydrogens (tertiary/aromatic N) is 4. The van der Waals surface area contributed by atoms with E-state index in [0.717, 1.165) is 30.2 Å². The lowest BCUT2D eigenvalue weighted by Gasteiger charge is -2.06. The van der Waals surface area contributed by atoms with Gasteiger partial charge in [0, 0.05) is 25.1 Å². The van der Waals surface area contributed by atoms with Crippen molar-refractivity contribution in [3.63, 3.8) is 0 Å². The minimum atomic E-state index is -0.0907. The van der Waals surface area contributed by atoms with Gasteiger partial charge in [-0.05, 0) is 37.6 Å². The predicted octanol–water partition coefficient (Wildman–Crippen LogP) is 2.23. The molecule has 0 fully saturated rings. The van der Waals surface area contributed by atoms with E-state index in [9.17, 15) is 4.79 Å². The summed E-state index contributed by atoms with van der Waals surface area (Å²) in [5.74, 6) is 1.42. The molecule has 0 saturated carbocycles. The van der Waals surface area contributed by atoms with E-state index in [-0.39, 0.29) is 5.91 Å². The second-order valence-electron chi connectivity index (χ2n) is 5.90. The number of hydrogen-bond acceptors (Lipinski definition) is 5. The fourth-order valence-corrected chi connectivity index (χ4v) is 2.43. The first kappa shape index (κ1) is 16.9. The molecule has 0 unspecified atom stereocenters. The van der Waals surface area contributed by atoms with E-state index in [1.54, 1.807) is 4.52 Å². The summed E-state index contributed by atoms with van der Waals surface area (Å²) in [6.07, 6.45) is 1.59. The van der Waals surface area contributed by atoms with Crippen LogP contribution in [0.4, 0.5) is 5.82 Å². The summed E-state index contributed by atoms with van der Waals surface area (Å²) in [7, 11) is 0. The maximum Gasteiger partial charge on any atom is 0.251 e. The lowest BCUT2D eigenvalue weighted by atomic mass is 10.1. The zero-order chi connectivity index (χ0) is 17.6. The molecule has 0 aliphatic carbocycles. The number of anilines is 1. The van der Waals surface area contributed by atoms with Crippen LogP contribution >= 0.6 is 0 Å². The van der Waals surface area contributed by atoms with Crippen LogP contribution in [0.15, 0.2) is 36.4 Å². The van der Waals surface area contributed by atoms with E-state index in [1.807, 2.05) is 43.3 Å². The van der Waals surface area contributed by atoms with Gasteiger partial charge in [0.05, 0.1) is 0 Å². The molecule has 2 heterocycles. The molecule has 0 spiro atoms. The van der Waals surface area contributed by atoms with Crippen molar-refractivity contribution in [3.05, 3.63) is 53.3 Å². The van der Waals surface area contributed by atoms with Crippen molar-refractivity contribution in [2.75, 3.05) is 18.4 Å². The molecule has 0 aliphatic rings. The van der Waals surface area contributed by atoms with Gasteiger partial charge in [-0.25, -0.2) is 0 Å². The van der Waals surface area contributed by atoms with Crippen molar-refractivity contribution < 1.29 is 4.79 Å². The molecule has 0 bridgehead atoms. The number of hydrogen-bond donors (Lipinski definition) is 2. The van der Waals surface area contributed by atoms with Gasteiger partial charge in [-0.2, -0.15) is 4.52 Å². The summed E-state index contributed by atoms with van der Waals surface area (Å²) < 4.78 is 1.72. The molecule has 3 aromatic rings. The van der Waals surface area contributed by atoms with Gasteiger partial charge < -0.3 is 10.6 Å². The minimum absolute atomic E-state index is 0.0907. The third-order valence-electron chi connectivity index (χ3n) is 3.83. The van der Waals surface area contributed by atoms with Crippen LogP contribution in [-0.4, -0.2) is 38.8 Å². The molecule has 0 radical (unpaired) electrons. The number of aryl methyl sites for hydroxylation is 1. The Morgan fingerprint density at radius 2 is 1.88 bits per heavy atom. The van der Waals surface area contributed by atoms with Crippen molar-refractivity contribution in [2.24, 2.45) is 0 Å². The highest BCUT2D eigenvalue weighted by molar-refractivity contribution is 5.94. The van der Waals surface area contributed by atoms with Crippen LogP contribution in [-0.2, 0) is 6.42 Å². The number of benzene rings is 1. The molecular formula is C18H22N6O. The maximum atomic E-state index is 12.1. The lowest BCUT2D eigenvalue weighted by molar-refractivity contribution is 0.0954. The Morgan fingerprint density at radius 3 is 2.64 bits per heavy atom. The van der Waals surface area contributed by atoms with Gasteiger partial charge in [-0.1, -0.05) is 24.6 Å².